The van der Waals surface area contributed by atoms with Gasteiger partial charge in [0.05, 0.1) is 30.8 Å². The maximum atomic E-state index is 15.7. The van der Waals surface area contributed by atoms with Crippen LogP contribution in [-0.2, 0) is 57.7 Å². The van der Waals surface area contributed by atoms with Crippen molar-refractivity contribution in [1.82, 2.24) is 46.6 Å². The molecule has 3 aromatic rings. The first-order valence-electron chi connectivity index (χ1n) is 25.7. The Kier molecular flexibility index (Phi) is 18.6. The van der Waals surface area contributed by atoms with E-state index >= 15 is 9.59 Å². The molecular weight excluding hydrogens is 927 g/mol. The van der Waals surface area contributed by atoms with Gasteiger partial charge in [0.2, 0.25) is 41.4 Å². The number of likely N-dealkylation sites (tertiary alicyclic amines) is 1. The third-order valence-electron chi connectivity index (χ3n) is 14.7. The zero-order chi connectivity index (χ0) is 53.4. The monoisotopic (exact) mass is 1010 g/mol. The molecule has 73 heavy (non-hydrogen) atoms. The number of hydrogen-bond donors (Lipinski definition) is 6. The highest BCUT2D eigenvalue weighted by atomic mass is 16.5. The Balaban J connectivity index is 1.34. The van der Waals surface area contributed by atoms with Gasteiger partial charge in [-0.15, -0.1) is 0 Å². The SMILES string of the molecule is CN[C@@H](C)C(=O)NC(C(=O)N1Cc2ccccc2CC1C(=O)N(CC(=O)N[C@H]1C[C@@H](C(=O)NC2CCCc3ccccc32)N(C(=O)C(NC(=O)[C@H](C)NC)C(C)(C)C)C1)[C@@H](COC)c1ccccc1)C(C)(C)C. The maximum absolute atomic E-state index is 15.7. The lowest BCUT2D eigenvalue weighted by atomic mass is 9.84. The topological polar surface area (TPSA) is 211 Å². The number of amides is 7. The number of rotatable bonds is 18. The van der Waals surface area contributed by atoms with Gasteiger partial charge in [0.15, 0.2) is 0 Å². The second-order valence-corrected chi connectivity index (χ2v) is 22.1. The molecule has 396 valence electrons. The van der Waals surface area contributed by atoms with E-state index in [1.165, 1.54) is 21.8 Å². The van der Waals surface area contributed by atoms with Gasteiger partial charge < -0.3 is 51.3 Å². The van der Waals surface area contributed by atoms with Crippen LogP contribution in [0.1, 0.15) is 115 Å². The molecule has 3 aromatic carbocycles. The normalized spacial score (nSPS) is 20.8. The molecule has 17 heteroatoms. The van der Waals surface area contributed by atoms with E-state index in [0.29, 0.717) is 5.56 Å². The van der Waals surface area contributed by atoms with Crippen molar-refractivity contribution < 1.29 is 38.3 Å². The number of methoxy groups -OCH3 is 1. The number of aryl methyl sites for hydroxylation is 1. The van der Waals surface area contributed by atoms with E-state index in [9.17, 15) is 24.0 Å². The highest BCUT2D eigenvalue weighted by Gasteiger charge is 2.48. The minimum Gasteiger partial charge on any atom is -0.382 e. The van der Waals surface area contributed by atoms with Crippen LogP contribution in [-0.4, -0.2) is 139 Å². The van der Waals surface area contributed by atoms with Gasteiger partial charge in [-0.3, -0.25) is 33.6 Å². The number of carbonyl (C=O) groups is 7. The minimum absolute atomic E-state index is 0.00714. The number of nitrogens with zero attached hydrogens (tertiary/aromatic N) is 3. The molecule has 0 bridgehead atoms. The highest BCUT2D eigenvalue weighted by Crippen LogP contribution is 2.34. The third-order valence-corrected chi connectivity index (χ3v) is 14.7. The van der Waals surface area contributed by atoms with Crippen molar-refractivity contribution in [3.63, 3.8) is 0 Å². The quantitative estimate of drug-likeness (QED) is 0.109. The number of benzene rings is 3. The molecule has 2 aliphatic heterocycles. The third kappa shape index (κ3) is 13.5. The van der Waals surface area contributed by atoms with Crippen molar-refractivity contribution in [3.8, 4) is 0 Å². The van der Waals surface area contributed by atoms with Gasteiger partial charge >= 0.3 is 0 Å². The van der Waals surface area contributed by atoms with Crippen molar-refractivity contribution in [1.29, 1.82) is 0 Å². The Labute approximate surface area is 431 Å². The highest BCUT2D eigenvalue weighted by molar-refractivity contribution is 5.96. The molecular formula is C56H79N9O8. The van der Waals surface area contributed by atoms with E-state index in [2.05, 4.69) is 38.0 Å². The number of nitrogens with one attached hydrogen (secondary N) is 6. The van der Waals surface area contributed by atoms with Gasteiger partial charge in [0, 0.05) is 32.7 Å². The van der Waals surface area contributed by atoms with Crippen molar-refractivity contribution in [3.05, 3.63) is 107 Å². The van der Waals surface area contributed by atoms with Gasteiger partial charge in [-0.05, 0) is 92.3 Å². The van der Waals surface area contributed by atoms with Gasteiger partial charge in [0.1, 0.15) is 30.7 Å². The van der Waals surface area contributed by atoms with Gasteiger partial charge in [-0.1, -0.05) is 120 Å². The second-order valence-electron chi connectivity index (χ2n) is 22.1. The lowest BCUT2D eigenvalue weighted by molar-refractivity contribution is -0.153. The van der Waals surface area contributed by atoms with E-state index < -0.39 is 89.3 Å². The first-order chi connectivity index (χ1) is 34.6. The average molecular weight is 1010 g/mol. The van der Waals surface area contributed by atoms with Crippen LogP contribution in [0.4, 0.5) is 0 Å². The van der Waals surface area contributed by atoms with Crippen LogP contribution in [0.2, 0.25) is 0 Å². The van der Waals surface area contributed by atoms with Crippen molar-refractivity contribution in [2.45, 2.75) is 148 Å². The first kappa shape index (κ1) is 56.1. The molecule has 3 aliphatic rings. The summed E-state index contributed by atoms with van der Waals surface area (Å²) in [5.41, 5.74) is 3.09. The van der Waals surface area contributed by atoms with Crippen LogP contribution in [0.5, 0.6) is 0 Å². The van der Waals surface area contributed by atoms with Gasteiger partial charge in [-0.25, -0.2) is 0 Å². The molecule has 6 rings (SSSR count). The summed E-state index contributed by atoms with van der Waals surface area (Å²) in [6.07, 6.45) is 2.70. The number of carbonyl (C=O) groups excluding carboxylic acids is 7. The van der Waals surface area contributed by atoms with Crippen LogP contribution in [0.15, 0.2) is 78.9 Å². The van der Waals surface area contributed by atoms with E-state index in [1.807, 2.05) is 114 Å². The number of ether oxygens (including phenoxy) is 1. The number of likely N-dealkylation sites (N-methyl/N-ethyl adjacent to an activating group) is 2. The molecule has 17 nitrogen and oxygen atoms in total. The maximum Gasteiger partial charge on any atom is 0.246 e. The summed E-state index contributed by atoms with van der Waals surface area (Å²) >= 11 is 0. The first-order valence-corrected chi connectivity index (χ1v) is 25.7. The lowest BCUT2D eigenvalue weighted by Gasteiger charge is -2.43. The molecule has 1 saturated heterocycles. The van der Waals surface area contributed by atoms with Gasteiger partial charge in [-0.2, -0.15) is 0 Å². The molecule has 0 aromatic heterocycles. The molecule has 0 radical (unpaired) electrons. The van der Waals surface area contributed by atoms with Crippen LogP contribution in [0, 0.1) is 10.8 Å². The smallest absolute Gasteiger partial charge is 0.246 e. The number of hydrogen-bond acceptors (Lipinski definition) is 10. The van der Waals surface area contributed by atoms with Crippen molar-refractivity contribution in [2.75, 3.05) is 40.9 Å². The van der Waals surface area contributed by atoms with Gasteiger partial charge in [0.25, 0.3) is 0 Å². The number of fused-ring (bicyclic) bond motifs is 2. The fourth-order valence-corrected chi connectivity index (χ4v) is 10.2. The summed E-state index contributed by atoms with van der Waals surface area (Å²) in [5.74, 6) is -3.07. The van der Waals surface area contributed by atoms with E-state index in [0.717, 1.165) is 41.5 Å². The molecule has 1 aliphatic carbocycles. The Morgan fingerprint density at radius 3 is 1.82 bits per heavy atom. The second kappa shape index (κ2) is 24.2. The molecule has 7 amide bonds. The average Bonchev–Trinajstić information content (AvgIpc) is 3.79. The fourth-order valence-electron chi connectivity index (χ4n) is 10.2. The predicted octanol–water partition coefficient (Wildman–Crippen LogP) is 3.71. The van der Waals surface area contributed by atoms with E-state index in [4.69, 9.17) is 4.74 Å². The van der Waals surface area contributed by atoms with E-state index in [-0.39, 0.29) is 56.3 Å². The summed E-state index contributed by atoms with van der Waals surface area (Å²) in [4.78, 5) is 106. The molecule has 4 unspecified atom stereocenters. The van der Waals surface area contributed by atoms with Crippen molar-refractivity contribution in [2.24, 2.45) is 10.8 Å². The molecule has 0 saturated carbocycles. The Morgan fingerprint density at radius 2 is 1.25 bits per heavy atom. The molecule has 9 atom stereocenters. The Hall–Kier alpha value is -6.17. The fraction of sp³-hybridized carbons (Fsp3) is 0.554. The summed E-state index contributed by atoms with van der Waals surface area (Å²) in [6, 6.07) is 17.7. The van der Waals surface area contributed by atoms with Crippen molar-refractivity contribution >= 4 is 41.4 Å². The molecule has 0 spiro atoms. The molecule has 2 heterocycles. The van der Waals surface area contributed by atoms with Crippen LogP contribution >= 0.6 is 0 Å². The summed E-state index contributed by atoms with van der Waals surface area (Å²) in [6.45, 7) is 14.1. The Bertz CT molecular complexity index is 2450. The van der Waals surface area contributed by atoms with Crippen LogP contribution in [0.3, 0.4) is 0 Å². The Morgan fingerprint density at radius 1 is 0.699 bits per heavy atom. The summed E-state index contributed by atoms with van der Waals surface area (Å²) in [5, 5.41) is 18.1. The largest absolute Gasteiger partial charge is 0.382 e. The predicted molar refractivity (Wildman–Crippen MR) is 279 cm³/mol. The summed E-state index contributed by atoms with van der Waals surface area (Å²) in [7, 11) is 4.83. The summed E-state index contributed by atoms with van der Waals surface area (Å²) < 4.78 is 5.76. The lowest BCUT2D eigenvalue weighted by Crippen LogP contribution is -2.62. The zero-order valence-electron chi connectivity index (χ0n) is 44.7. The van der Waals surface area contributed by atoms with Crippen LogP contribution in [0.25, 0.3) is 0 Å². The molecule has 6 N–H and O–H groups in total. The van der Waals surface area contributed by atoms with Crippen LogP contribution < -0.4 is 31.9 Å². The molecule has 1 fully saturated rings. The standard InChI is InChI=1S/C56H79N9O8/c1-34(57-9)49(67)61-47(55(3,4)5)53(71)63-30-39-24-16-15-23-38(39)28-44(63)52(70)65(45(33-73-11)37-21-13-12-14-22-37)32-46(66)59-40-29-43(51(69)60-42-27-19-25-36-20-17-18-26-41(36)42)64(31-40)54(72)48(56(6,7)8)62-50(68)35(2)58-10/h12-18,20-24,26,34-35,40,42-45,47-48,57-58H,19,25,27-33H2,1-11H3,(H,59,66)(H,60,69)(H,61,67)(H,62,68)/t34-,35-,40-,42?,43-,44?,45-,47?,48?/m0/s1. The minimum atomic E-state index is -1.09. The van der Waals surface area contributed by atoms with E-state index in [1.54, 1.807) is 27.9 Å². The zero-order valence-corrected chi connectivity index (χ0v) is 44.7.